The van der Waals surface area contributed by atoms with Crippen molar-refractivity contribution in [3.05, 3.63) is 91.4 Å². The van der Waals surface area contributed by atoms with Gasteiger partial charge in [0.05, 0.1) is 36.4 Å². The van der Waals surface area contributed by atoms with Crippen LogP contribution in [0.25, 0.3) is 0 Å². The van der Waals surface area contributed by atoms with Crippen molar-refractivity contribution in [2.24, 2.45) is 0 Å². The van der Waals surface area contributed by atoms with Crippen LogP contribution in [-0.2, 0) is 11.3 Å². The number of carbonyl (C=O) groups excluding carboxylic acids is 2. The maximum absolute atomic E-state index is 13.7. The number of benzene rings is 3. The van der Waals surface area contributed by atoms with Crippen LogP contribution in [0.5, 0.6) is 5.75 Å². The predicted octanol–water partition coefficient (Wildman–Crippen LogP) is 7.33. The molecular formula is C24H19Cl4NO4. The lowest BCUT2D eigenvalue weighted by Crippen LogP contribution is -2.31. The third-order valence-electron chi connectivity index (χ3n) is 4.76. The van der Waals surface area contributed by atoms with E-state index in [4.69, 9.17) is 55.9 Å². The molecule has 33 heavy (non-hydrogen) atoms. The summed E-state index contributed by atoms with van der Waals surface area (Å²) in [5.74, 6) is -0.722. The van der Waals surface area contributed by atoms with Crippen LogP contribution in [-0.4, -0.2) is 25.6 Å². The number of hydrogen-bond donors (Lipinski definition) is 0. The van der Waals surface area contributed by atoms with Crippen LogP contribution in [0.1, 0.15) is 33.2 Å². The molecule has 0 unspecified atom stereocenters. The molecule has 0 aliphatic heterocycles. The predicted molar refractivity (Wildman–Crippen MR) is 132 cm³/mol. The van der Waals surface area contributed by atoms with E-state index in [0.29, 0.717) is 26.9 Å². The minimum atomic E-state index is -0.459. The van der Waals surface area contributed by atoms with Gasteiger partial charge in [-0.1, -0.05) is 52.5 Å². The second-order valence-corrected chi connectivity index (χ2v) is 8.49. The topological polar surface area (TPSA) is 55.8 Å². The quantitative estimate of drug-likeness (QED) is 0.302. The van der Waals surface area contributed by atoms with Crippen molar-refractivity contribution in [1.29, 1.82) is 0 Å². The Balaban J connectivity index is 2.10. The Morgan fingerprint density at radius 2 is 1.55 bits per heavy atom. The fourth-order valence-corrected chi connectivity index (χ4v) is 4.27. The number of carbonyl (C=O) groups is 2. The van der Waals surface area contributed by atoms with Crippen molar-refractivity contribution < 1.29 is 19.1 Å². The molecule has 172 valence electrons. The van der Waals surface area contributed by atoms with Crippen LogP contribution in [0, 0.1) is 0 Å². The van der Waals surface area contributed by atoms with Gasteiger partial charge < -0.3 is 14.4 Å². The van der Waals surface area contributed by atoms with E-state index in [2.05, 4.69) is 0 Å². The highest BCUT2D eigenvalue weighted by Gasteiger charge is 2.25. The molecule has 0 aromatic heterocycles. The molecule has 9 heteroatoms. The molecule has 0 saturated heterocycles. The molecule has 3 aromatic rings. The molecule has 0 aliphatic carbocycles. The normalized spacial score (nSPS) is 10.6. The van der Waals surface area contributed by atoms with Gasteiger partial charge in [0, 0.05) is 26.3 Å². The van der Waals surface area contributed by atoms with E-state index in [1.807, 2.05) is 0 Å². The monoisotopic (exact) mass is 525 g/mol. The van der Waals surface area contributed by atoms with E-state index in [1.54, 1.807) is 49.4 Å². The third-order valence-corrected chi connectivity index (χ3v) is 5.96. The lowest BCUT2D eigenvalue weighted by Gasteiger charge is -2.25. The molecule has 0 saturated carbocycles. The molecule has 3 rings (SSSR count). The molecule has 0 bridgehead atoms. The molecule has 0 spiro atoms. The van der Waals surface area contributed by atoms with Crippen molar-refractivity contribution in [3.63, 3.8) is 0 Å². The number of ether oxygens (including phenoxy) is 2. The summed E-state index contributed by atoms with van der Waals surface area (Å²) >= 11 is 25.2. The smallest absolute Gasteiger partial charge is 0.338 e. The number of methoxy groups -OCH3 is 1. The maximum atomic E-state index is 13.7. The molecule has 0 fully saturated rings. The standard InChI is InChI=1S/C24H19Cl4NO4/c1-3-33-24(31)14-7-9-16(10-8-14)29(13-18-19(26)5-4-6-20(18)27)23(30)17-11-15(25)12-21(28)22(17)32-2/h4-12H,3,13H2,1-2H3. The Morgan fingerprint density at radius 3 is 2.12 bits per heavy atom. The number of rotatable bonds is 7. The van der Waals surface area contributed by atoms with E-state index < -0.39 is 11.9 Å². The third kappa shape index (κ3) is 5.74. The highest BCUT2D eigenvalue weighted by molar-refractivity contribution is 6.37. The first-order valence-electron chi connectivity index (χ1n) is 9.81. The van der Waals surface area contributed by atoms with Gasteiger partial charge >= 0.3 is 5.97 Å². The zero-order valence-electron chi connectivity index (χ0n) is 17.7. The molecule has 3 aromatic carbocycles. The van der Waals surface area contributed by atoms with E-state index in [-0.39, 0.29) is 34.5 Å². The average molecular weight is 527 g/mol. The Labute approximate surface area is 211 Å². The van der Waals surface area contributed by atoms with Gasteiger partial charge in [-0.05, 0) is 55.5 Å². The Morgan fingerprint density at radius 1 is 0.909 bits per heavy atom. The first-order chi connectivity index (χ1) is 15.8. The summed E-state index contributed by atoms with van der Waals surface area (Å²) < 4.78 is 10.4. The number of hydrogen-bond acceptors (Lipinski definition) is 4. The molecule has 0 aliphatic rings. The Bertz CT molecular complexity index is 1160. The molecule has 5 nitrogen and oxygen atoms in total. The molecule has 0 heterocycles. The minimum absolute atomic E-state index is 0.0450. The second kappa shape index (κ2) is 11.1. The summed E-state index contributed by atoms with van der Waals surface area (Å²) in [4.78, 5) is 27.2. The molecular weight excluding hydrogens is 508 g/mol. The van der Waals surface area contributed by atoms with Gasteiger partial charge in [-0.3, -0.25) is 4.79 Å². The van der Waals surface area contributed by atoms with Crippen LogP contribution in [0.15, 0.2) is 54.6 Å². The first kappa shape index (κ1) is 25.2. The Kier molecular flexibility index (Phi) is 8.49. The number of esters is 1. The molecule has 0 N–H and O–H groups in total. The molecule has 0 radical (unpaired) electrons. The summed E-state index contributed by atoms with van der Waals surface area (Å²) in [6.07, 6.45) is 0. The molecule has 0 atom stereocenters. The summed E-state index contributed by atoms with van der Waals surface area (Å²) in [6.45, 7) is 2.03. The number of amides is 1. The van der Waals surface area contributed by atoms with Gasteiger partial charge in [-0.2, -0.15) is 0 Å². The van der Waals surface area contributed by atoms with E-state index >= 15 is 0 Å². The lowest BCUT2D eigenvalue weighted by atomic mass is 10.1. The van der Waals surface area contributed by atoms with Crippen molar-refractivity contribution in [3.8, 4) is 5.75 Å². The van der Waals surface area contributed by atoms with E-state index in [9.17, 15) is 9.59 Å². The van der Waals surface area contributed by atoms with Crippen LogP contribution < -0.4 is 9.64 Å². The first-order valence-corrected chi connectivity index (χ1v) is 11.3. The summed E-state index contributed by atoms with van der Waals surface area (Å²) in [5, 5.41) is 1.28. The highest BCUT2D eigenvalue weighted by atomic mass is 35.5. The maximum Gasteiger partial charge on any atom is 0.338 e. The highest BCUT2D eigenvalue weighted by Crippen LogP contribution is 2.35. The van der Waals surface area contributed by atoms with Gasteiger partial charge in [-0.15, -0.1) is 0 Å². The van der Waals surface area contributed by atoms with Gasteiger partial charge in [0.1, 0.15) is 5.75 Å². The van der Waals surface area contributed by atoms with Crippen LogP contribution in [0.3, 0.4) is 0 Å². The SMILES string of the molecule is CCOC(=O)c1ccc(N(Cc2c(Cl)cccc2Cl)C(=O)c2cc(Cl)cc(Cl)c2OC)cc1. The van der Waals surface area contributed by atoms with E-state index in [1.165, 1.54) is 24.1 Å². The van der Waals surface area contributed by atoms with Crippen molar-refractivity contribution >= 4 is 64.0 Å². The lowest BCUT2D eigenvalue weighted by molar-refractivity contribution is 0.0526. The average Bonchev–Trinajstić information content (AvgIpc) is 2.78. The van der Waals surface area contributed by atoms with E-state index in [0.717, 1.165) is 0 Å². The number of anilines is 1. The van der Waals surface area contributed by atoms with Crippen molar-refractivity contribution in [2.75, 3.05) is 18.6 Å². The van der Waals surface area contributed by atoms with Crippen LogP contribution in [0.4, 0.5) is 5.69 Å². The van der Waals surface area contributed by atoms with Crippen molar-refractivity contribution in [2.45, 2.75) is 13.5 Å². The fraction of sp³-hybridized carbons (Fsp3) is 0.167. The van der Waals surface area contributed by atoms with Gasteiger partial charge in [0.2, 0.25) is 0 Å². The van der Waals surface area contributed by atoms with Gasteiger partial charge in [-0.25, -0.2) is 4.79 Å². The summed E-state index contributed by atoms with van der Waals surface area (Å²) in [6, 6.07) is 14.5. The second-order valence-electron chi connectivity index (χ2n) is 6.83. The minimum Gasteiger partial charge on any atom is -0.494 e. The molecule has 1 amide bonds. The van der Waals surface area contributed by atoms with Gasteiger partial charge in [0.25, 0.3) is 5.91 Å². The number of nitrogens with zero attached hydrogens (tertiary/aromatic N) is 1. The summed E-state index contributed by atoms with van der Waals surface area (Å²) in [5.41, 5.74) is 1.55. The largest absolute Gasteiger partial charge is 0.494 e. The Hall–Kier alpha value is -2.44. The zero-order chi connectivity index (χ0) is 24.1. The summed E-state index contributed by atoms with van der Waals surface area (Å²) in [7, 11) is 1.41. The number of halogens is 4. The zero-order valence-corrected chi connectivity index (χ0v) is 20.7. The van der Waals surface area contributed by atoms with Crippen molar-refractivity contribution in [1.82, 2.24) is 0 Å². The fourth-order valence-electron chi connectivity index (χ4n) is 3.19. The van der Waals surface area contributed by atoms with Crippen LogP contribution >= 0.6 is 46.4 Å². The van der Waals surface area contributed by atoms with Gasteiger partial charge in [0.15, 0.2) is 0 Å². The van der Waals surface area contributed by atoms with Crippen LogP contribution in [0.2, 0.25) is 20.1 Å².